The molecule has 0 amide bonds. The van der Waals surface area contributed by atoms with Crippen molar-refractivity contribution in [3.8, 4) is 0 Å². The highest BCUT2D eigenvalue weighted by Crippen LogP contribution is 2.26. The van der Waals surface area contributed by atoms with Gasteiger partial charge < -0.3 is 9.84 Å². The van der Waals surface area contributed by atoms with E-state index in [0.717, 1.165) is 11.0 Å². The van der Waals surface area contributed by atoms with E-state index in [9.17, 15) is 0 Å². The predicted molar refractivity (Wildman–Crippen MR) is 73.1 cm³/mol. The molecule has 0 aliphatic carbocycles. The number of halogens is 1. The van der Waals surface area contributed by atoms with Gasteiger partial charge in [0.05, 0.1) is 19.8 Å². The van der Waals surface area contributed by atoms with E-state index in [1.54, 1.807) is 0 Å². The fourth-order valence-electron chi connectivity index (χ4n) is 1.62. The maximum absolute atomic E-state index is 8.61. The molecule has 1 aromatic carbocycles. The molecule has 96 valence electrons. The standard InChI is InChI=1S/C13H20BrNO2/c1-11(12-5-3-4-6-13(12)14)15(2)7-9-17-10-8-16/h3-6,11,16H,7-10H2,1-2H3. The van der Waals surface area contributed by atoms with E-state index in [1.807, 2.05) is 12.1 Å². The minimum absolute atomic E-state index is 0.0868. The van der Waals surface area contributed by atoms with Crippen molar-refractivity contribution in [2.75, 3.05) is 33.4 Å². The molecular formula is C13H20BrNO2. The van der Waals surface area contributed by atoms with Gasteiger partial charge in [0.1, 0.15) is 0 Å². The number of hydrogen-bond acceptors (Lipinski definition) is 3. The largest absolute Gasteiger partial charge is 0.394 e. The van der Waals surface area contributed by atoms with Gasteiger partial charge in [0.25, 0.3) is 0 Å². The van der Waals surface area contributed by atoms with Crippen molar-refractivity contribution in [1.29, 1.82) is 0 Å². The van der Waals surface area contributed by atoms with E-state index in [0.29, 0.717) is 19.3 Å². The summed E-state index contributed by atoms with van der Waals surface area (Å²) in [5, 5.41) is 8.61. The Hall–Kier alpha value is -0.420. The Labute approximate surface area is 112 Å². The number of aliphatic hydroxyl groups excluding tert-OH is 1. The lowest BCUT2D eigenvalue weighted by Crippen LogP contribution is -2.27. The molecule has 0 spiro atoms. The number of ether oxygens (including phenoxy) is 1. The van der Waals surface area contributed by atoms with Crippen molar-refractivity contribution >= 4 is 15.9 Å². The molecule has 0 aliphatic rings. The zero-order chi connectivity index (χ0) is 12.7. The molecular weight excluding hydrogens is 282 g/mol. The van der Waals surface area contributed by atoms with E-state index in [1.165, 1.54) is 5.56 Å². The minimum Gasteiger partial charge on any atom is -0.394 e. The van der Waals surface area contributed by atoms with Crippen LogP contribution in [0.4, 0.5) is 0 Å². The van der Waals surface area contributed by atoms with Crippen LogP contribution in [0.2, 0.25) is 0 Å². The number of benzene rings is 1. The zero-order valence-corrected chi connectivity index (χ0v) is 12.0. The second kappa shape index (κ2) is 7.82. The third kappa shape index (κ3) is 4.76. The normalized spacial score (nSPS) is 13.0. The number of hydrogen-bond donors (Lipinski definition) is 1. The Bertz CT molecular complexity index is 333. The smallest absolute Gasteiger partial charge is 0.0698 e. The van der Waals surface area contributed by atoms with Gasteiger partial charge in [0.15, 0.2) is 0 Å². The number of rotatable bonds is 7. The summed E-state index contributed by atoms with van der Waals surface area (Å²) in [6.45, 7) is 4.17. The molecule has 1 aromatic rings. The molecule has 0 aliphatic heterocycles. The monoisotopic (exact) mass is 301 g/mol. The molecule has 0 saturated carbocycles. The molecule has 4 heteroatoms. The number of likely N-dealkylation sites (N-methyl/N-ethyl adjacent to an activating group) is 1. The van der Waals surface area contributed by atoms with Gasteiger partial charge in [-0.15, -0.1) is 0 Å². The van der Waals surface area contributed by atoms with E-state index in [2.05, 4.69) is 46.9 Å². The molecule has 0 radical (unpaired) electrons. The minimum atomic E-state index is 0.0868. The van der Waals surface area contributed by atoms with Crippen molar-refractivity contribution in [1.82, 2.24) is 4.90 Å². The van der Waals surface area contributed by atoms with Gasteiger partial charge in [-0.05, 0) is 25.6 Å². The van der Waals surface area contributed by atoms with E-state index < -0.39 is 0 Å². The predicted octanol–water partition coefficient (Wildman–Crippen LogP) is 2.45. The Morgan fingerprint density at radius 3 is 2.71 bits per heavy atom. The van der Waals surface area contributed by atoms with E-state index in [-0.39, 0.29) is 6.61 Å². The molecule has 1 rings (SSSR count). The van der Waals surface area contributed by atoms with Crippen LogP contribution in [-0.4, -0.2) is 43.4 Å². The molecule has 1 N–H and O–H groups in total. The van der Waals surface area contributed by atoms with Crippen LogP contribution >= 0.6 is 15.9 Å². The van der Waals surface area contributed by atoms with Crippen molar-refractivity contribution in [2.24, 2.45) is 0 Å². The van der Waals surface area contributed by atoms with Crippen LogP contribution in [0.15, 0.2) is 28.7 Å². The second-order valence-electron chi connectivity index (χ2n) is 4.01. The summed E-state index contributed by atoms with van der Waals surface area (Å²) in [6, 6.07) is 8.59. The first kappa shape index (κ1) is 14.6. The lowest BCUT2D eigenvalue weighted by Gasteiger charge is -2.25. The van der Waals surface area contributed by atoms with Crippen molar-refractivity contribution < 1.29 is 9.84 Å². The summed E-state index contributed by atoms with van der Waals surface area (Å²) >= 11 is 3.57. The number of aliphatic hydroxyl groups is 1. The summed E-state index contributed by atoms with van der Waals surface area (Å²) in [7, 11) is 2.08. The average Bonchev–Trinajstić information content (AvgIpc) is 2.34. The maximum Gasteiger partial charge on any atom is 0.0698 e. The topological polar surface area (TPSA) is 32.7 Å². The van der Waals surface area contributed by atoms with Crippen molar-refractivity contribution in [2.45, 2.75) is 13.0 Å². The molecule has 3 nitrogen and oxygen atoms in total. The molecule has 0 aromatic heterocycles. The summed E-state index contributed by atoms with van der Waals surface area (Å²) in [4.78, 5) is 2.23. The summed E-state index contributed by atoms with van der Waals surface area (Å²) in [6.07, 6.45) is 0. The highest BCUT2D eigenvalue weighted by Gasteiger charge is 2.13. The van der Waals surface area contributed by atoms with Crippen LogP contribution in [0.1, 0.15) is 18.5 Å². The van der Waals surface area contributed by atoms with Gasteiger partial charge in [-0.2, -0.15) is 0 Å². The van der Waals surface area contributed by atoms with Gasteiger partial charge in [-0.3, -0.25) is 4.90 Å². The molecule has 0 fully saturated rings. The Morgan fingerprint density at radius 2 is 2.06 bits per heavy atom. The molecule has 17 heavy (non-hydrogen) atoms. The fraction of sp³-hybridized carbons (Fsp3) is 0.538. The highest BCUT2D eigenvalue weighted by atomic mass is 79.9. The second-order valence-corrected chi connectivity index (χ2v) is 4.87. The SMILES string of the molecule is CC(c1ccccc1Br)N(C)CCOCCO. The van der Waals surface area contributed by atoms with Gasteiger partial charge in [0.2, 0.25) is 0 Å². The molecule has 0 heterocycles. The van der Waals surface area contributed by atoms with Gasteiger partial charge in [0, 0.05) is 17.1 Å². The summed E-state index contributed by atoms with van der Waals surface area (Å²) < 4.78 is 6.40. The first-order valence-electron chi connectivity index (χ1n) is 5.80. The first-order valence-corrected chi connectivity index (χ1v) is 6.59. The Morgan fingerprint density at radius 1 is 1.35 bits per heavy atom. The van der Waals surface area contributed by atoms with Crippen LogP contribution in [0.25, 0.3) is 0 Å². The molecule has 1 atom stereocenters. The summed E-state index contributed by atoms with van der Waals surface area (Å²) in [5.74, 6) is 0. The first-order chi connectivity index (χ1) is 8.16. The van der Waals surface area contributed by atoms with E-state index in [4.69, 9.17) is 9.84 Å². The van der Waals surface area contributed by atoms with Crippen LogP contribution in [0, 0.1) is 0 Å². The van der Waals surface area contributed by atoms with Crippen LogP contribution in [0.5, 0.6) is 0 Å². The summed E-state index contributed by atoms with van der Waals surface area (Å²) in [5.41, 5.74) is 1.28. The fourth-order valence-corrected chi connectivity index (χ4v) is 2.24. The average molecular weight is 302 g/mol. The Kier molecular flexibility index (Phi) is 6.73. The Balaban J connectivity index is 2.46. The van der Waals surface area contributed by atoms with Gasteiger partial charge >= 0.3 is 0 Å². The van der Waals surface area contributed by atoms with Gasteiger partial charge in [-0.25, -0.2) is 0 Å². The lowest BCUT2D eigenvalue weighted by atomic mass is 10.1. The molecule has 0 saturated heterocycles. The van der Waals surface area contributed by atoms with Crippen LogP contribution in [-0.2, 0) is 4.74 Å². The van der Waals surface area contributed by atoms with Crippen molar-refractivity contribution in [3.05, 3.63) is 34.3 Å². The van der Waals surface area contributed by atoms with Gasteiger partial charge in [-0.1, -0.05) is 34.1 Å². The molecule has 0 bridgehead atoms. The lowest BCUT2D eigenvalue weighted by molar-refractivity contribution is 0.0718. The van der Waals surface area contributed by atoms with Crippen LogP contribution in [0.3, 0.4) is 0 Å². The maximum atomic E-state index is 8.61. The third-order valence-electron chi connectivity index (χ3n) is 2.84. The number of nitrogens with zero attached hydrogens (tertiary/aromatic N) is 1. The highest BCUT2D eigenvalue weighted by molar-refractivity contribution is 9.10. The van der Waals surface area contributed by atoms with Crippen LogP contribution < -0.4 is 0 Å². The third-order valence-corrected chi connectivity index (χ3v) is 3.56. The van der Waals surface area contributed by atoms with E-state index >= 15 is 0 Å². The zero-order valence-electron chi connectivity index (χ0n) is 10.4. The van der Waals surface area contributed by atoms with Crippen molar-refractivity contribution in [3.63, 3.8) is 0 Å². The quantitative estimate of drug-likeness (QED) is 0.785. The molecule has 1 unspecified atom stereocenters.